The van der Waals surface area contributed by atoms with Crippen molar-refractivity contribution in [2.75, 3.05) is 6.61 Å². The Morgan fingerprint density at radius 2 is 2.00 bits per heavy atom. The molecule has 0 atom stereocenters. The van der Waals surface area contributed by atoms with Crippen molar-refractivity contribution in [2.24, 2.45) is 0 Å². The largest absolute Gasteiger partial charge is 0.384 e. The molecule has 13 heavy (non-hydrogen) atoms. The summed E-state index contributed by atoms with van der Waals surface area (Å²) >= 11 is 0. The summed E-state index contributed by atoms with van der Waals surface area (Å²) in [6.07, 6.45) is 6.21. The fourth-order valence-corrected chi connectivity index (χ4v) is 0.881. The van der Waals surface area contributed by atoms with Crippen LogP contribution in [0.4, 0.5) is 0 Å². The fraction of sp³-hybridized carbons (Fsp3) is 0.500. The van der Waals surface area contributed by atoms with Gasteiger partial charge in [0.2, 0.25) is 0 Å². The van der Waals surface area contributed by atoms with Gasteiger partial charge in [0.15, 0.2) is 0 Å². The lowest BCUT2D eigenvalue weighted by atomic mass is 10.1. The minimum absolute atomic E-state index is 0.0578. The maximum absolute atomic E-state index is 8.42. The van der Waals surface area contributed by atoms with Gasteiger partial charge < -0.3 is 5.11 Å². The van der Waals surface area contributed by atoms with E-state index in [1.54, 1.807) is 0 Å². The van der Waals surface area contributed by atoms with Gasteiger partial charge in [0.1, 0.15) is 6.61 Å². The van der Waals surface area contributed by atoms with Crippen LogP contribution in [0.2, 0.25) is 0 Å². The van der Waals surface area contributed by atoms with E-state index in [1.165, 1.54) is 11.1 Å². The summed E-state index contributed by atoms with van der Waals surface area (Å²) in [5, 5.41) is 8.42. The van der Waals surface area contributed by atoms with Gasteiger partial charge in [-0.2, -0.15) is 0 Å². The molecule has 1 nitrogen and oxygen atoms in total. The molecular formula is C12H18O. The van der Waals surface area contributed by atoms with Crippen molar-refractivity contribution in [3.05, 3.63) is 23.3 Å². The first-order valence-corrected chi connectivity index (χ1v) is 4.55. The van der Waals surface area contributed by atoms with Gasteiger partial charge in [0, 0.05) is 0 Å². The van der Waals surface area contributed by atoms with Gasteiger partial charge in [0.25, 0.3) is 0 Å². The SMILES string of the molecule is CC(C)=CCC/C(C)=C/C#CCO. The summed E-state index contributed by atoms with van der Waals surface area (Å²) in [6, 6.07) is 0. The van der Waals surface area contributed by atoms with Crippen LogP contribution in [-0.2, 0) is 0 Å². The van der Waals surface area contributed by atoms with E-state index in [-0.39, 0.29) is 6.61 Å². The predicted molar refractivity (Wildman–Crippen MR) is 57.3 cm³/mol. The molecule has 0 rings (SSSR count). The molecule has 0 aromatic rings. The van der Waals surface area contributed by atoms with Gasteiger partial charge in [-0.1, -0.05) is 29.1 Å². The topological polar surface area (TPSA) is 20.2 Å². The zero-order valence-corrected chi connectivity index (χ0v) is 8.72. The molecule has 0 aliphatic carbocycles. The first kappa shape index (κ1) is 12.0. The molecule has 0 amide bonds. The highest BCUT2D eigenvalue weighted by atomic mass is 16.2. The Labute approximate surface area is 81.2 Å². The predicted octanol–water partition coefficient (Wildman–Crippen LogP) is 2.67. The molecule has 0 saturated heterocycles. The van der Waals surface area contributed by atoms with E-state index in [4.69, 9.17) is 5.11 Å². The fourth-order valence-electron chi connectivity index (χ4n) is 0.881. The maximum Gasteiger partial charge on any atom is 0.104 e. The van der Waals surface area contributed by atoms with Crippen LogP contribution >= 0.6 is 0 Å². The van der Waals surface area contributed by atoms with Crippen LogP contribution in [0.3, 0.4) is 0 Å². The standard InChI is InChI=1S/C12H18O/c1-11(2)7-6-9-12(3)8-4-5-10-13/h7-8,13H,6,9-10H2,1-3H3/b12-8+. The highest BCUT2D eigenvalue weighted by Gasteiger charge is 1.86. The molecule has 0 aliphatic heterocycles. The first-order chi connectivity index (χ1) is 6.16. The smallest absolute Gasteiger partial charge is 0.104 e. The highest BCUT2D eigenvalue weighted by Crippen LogP contribution is 2.05. The third kappa shape index (κ3) is 8.91. The Kier molecular flexibility index (Phi) is 7.05. The summed E-state index contributed by atoms with van der Waals surface area (Å²) in [6.45, 7) is 6.21. The molecule has 1 heteroatoms. The van der Waals surface area contributed by atoms with E-state index in [0.29, 0.717) is 0 Å². The highest BCUT2D eigenvalue weighted by molar-refractivity contribution is 5.20. The summed E-state index contributed by atoms with van der Waals surface area (Å²) in [5.41, 5.74) is 2.62. The number of aliphatic hydroxyl groups excluding tert-OH is 1. The monoisotopic (exact) mass is 178 g/mol. The van der Waals surface area contributed by atoms with Gasteiger partial charge >= 0.3 is 0 Å². The lowest BCUT2D eigenvalue weighted by Crippen LogP contribution is -1.76. The third-order valence-corrected chi connectivity index (χ3v) is 1.59. The molecule has 0 heterocycles. The summed E-state index contributed by atoms with van der Waals surface area (Å²) in [4.78, 5) is 0. The number of rotatable bonds is 3. The normalized spacial score (nSPS) is 10.3. The molecule has 0 saturated carbocycles. The summed E-state index contributed by atoms with van der Waals surface area (Å²) in [5.74, 6) is 5.38. The second kappa shape index (κ2) is 7.64. The molecule has 0 unspecified atom stereocenters. The average Bonchev–Trinajstić information content (AvgIpc) is 2.04. The summed E-state index contributed by atoms with van der Waals surface area (Å²) in [7, 11) is 0. The molecule has 0 fully saturated rings. The van der Waals surface area contributed by atoms with Crippen molar-refractivity contribution >= 4 is 0 Å². The van der Waals surface area contributed by atoms with Gasteiger partial charge in [-0.3, -0.25) is 0 Å². The zero-order valence-electron chi connectivity index (χ0n) is 8.72. The second-order valence-electron chi connectivity index (χ2n) is 3.29. The zero-order chi connectivity index (χ0) is 10.1. The van der Waals surface area contributed by atoms with Crippen LogP contribution in [-0.4, -0.2) is 11.7 Å². The Hall–Kier alpha value is -1.00. The van der Waals surface area contributed by atoms with Crippen molar-refractivity contribution in [3.8, 4) is 11.8 Å². The Morgan fingerprint density at radius 1 is 1.31 bits per heavy atom. The Balaban J connectivity index is 3.80. The molecule has 0 aliphatic rings. The molecule has 1 N–H and O–H groups in total. The van der Waals surface area contributed by atoms with Crippen LogP contribution in [0.1, 0.15) is 33.6 Å². The van der Waals surface area contributed by atoms with E-state index < -0.39 is 0 Å². The average molecular weight is 178 g/mol. The third-order valence-electron chi connectivity index (χ3n) is 1.59. The van der Waals surface area contributed by atoms with Crippen molar-refractivity contribution in [1.29, 1.82) is 0 Å². The van der Waals surface area contributed by atoms with E-state index in [0.717, 1.165) is 12.8 Å². The molecule has 0 spiro atoms. The van der Waals surface area contributed by atoms with Gasteiger partial charge in [0.05, 0.1) is 0 Å². The van der Waals surface area contributed by atoms with Gasteiger partial charge in [-0.25, -0.2) is 0 Å². The molecule has 0 aromatic carbocycles. The Bertz CT molecular complexity index is 244. The molecular weight excluding hydrogens is 160 g/mol. The number of aliphatic hydroxyl groups is 1. The second-order valence-corrected chi connectivity index (χ2v) is 3.29. The van der Waals surface area contributed by atoms with Crippen LogP contribution < -0.4 is 0 Å². The summed E-state index contributed by atoms with van der Waals surface area (Å²) < 4.78 is 0. The van der Waals surface area contributed by atoms with Crippen LogP contribution in [0.15, 0.2) is 23.3 Å². The quantitative estimate of drug-likeness (QED) is 0.520. The molecule has 0 aromatic heterocycles. The number of allylic oxidation sites excluding steroid dienone is 4. The van der Waals surface area contributed by atoms with Gasteiger partial charge in [-0.05, 0) is 39.7 Å². The van der Waals surface area contributed by atoms with Crippen molar-refractivity contribution in [1.82, 2.24) is 0 Å². The molecule has 72 valence electrons. The Morgan fingerprint density at radius 3 is 2.54 bits per heavy atom. The van der Waals surface area contributed by atoms with Crippen molar-refractivity contribution in [2.45, 2.75) is 33.6 Å². The van der Waals surface area contributed by atoms with Crippen molar-refractivity contribution < 1.29 is 5.11 Å². The van der Waals surface area contributed by atoms with E-state index >= 15 is 0 Å². The van der Waals surface area contributed by atoms with Crippen LogP contribution in [0, 0.1) is 11.8 Å². The molecule has 0 radical (unpaired) electrons. The number of hydrogen-bond donors (Lipinski definition) is 1. The van der Waals surface area contributed by atoms with Gasteiger partial charge in [-0.15, -0.1) is 0 Å². The van der Waals surface area contributed by atoms with Crippen LogP contribution in [0.5, 0.6) is 0 Å². The maximum atomic E-state index is 8.42. The van der Waals surface area contributed by atoms with E-state index in [9.17, 15) is 0 Å². The minimum Gasteiger partial charge on any atom is -0.384 e. The van der Waals surface area contributed by atoms with Crippen LogP contribution in [0.25, 0.3) is 0 Å². The van der Waals surface area contributed by atoms with Crippen molar-refractivity contribution in [3.63, 3.8) is 0 Å². The lowest BCUT2D eigenvalue weighted by molar-refractivity contribution is 0.350. The van der Waals surface area contributed by atoms with E-state index in [1.807, 2.05) is 6.08 Å². The number of hydrogen-bond acceptors (Lipinski definition) is 1. The molecule has 0 bridgehead atoms. The first-order valence-electron chi connectivity index (χ1n) is 4.55. The minimum atomic E-state index is -0.0578. The lowest BCUT2D eigenvalue weighted by Gasteiger charge is -1.95. The van der Waals surface area contributed by atoms with E-state index in [2.05, 4.69) is 38.7 Å².